The summed E-state index contributed by atoms with van der Waals surface area (Å²) in [4.78, 5) is 23.6. The van der Waals surface area contributed by atoms with Crippen molar-refractivity contribution >= 4 is 28.0 Å². The fourth-order valence-corrected chi connectivity index (χ4v) is 4.10. The Morgan fingerprint density at radius 3 is 2.53 bits per heavy atom. The van der Waals surface area contributed by atoms with Gasteiger partial charge in [0.15, 0.2) is 6.61 Å². The minimum Gasteiger partial charge on any atom is -0.468 e. The van der Waals surface area contributed by atoms with Gasteiger partial charge in [-0.1, -0.05) is 25.0 Å². The molecule has 1 fully saturated rings. The maximum atomic E-state index is 12.3. The standard InChI is InChI=1S/C21H24N2O6S/c24-20(23-17-4-1-2-5-17)15-29-21(25)12-9-16-7-10-19(11-8-16)30(26,27)22-14-18-6-3-13-28-18/h3,6-13,17,22H,1-2,4-5,14-15H2,(H,23,24)/b12-9+. The Morgan fingerprint density at radius 2 is 1.87 bits per heavy atom. The van der Waals surface area contributed by atoms with Crippen LogP contribution >= 0.6 is 0 Å². The van der Waals surface area contributed by atoms with Gasteiger partial charge in [-0.2, -0.15) is 0 Å². The number of hydrogen-bond donors (Lipinski definition) is 2. The average molecular weight is 432 g/mol. The van der Waals surface area contributed by atoms with E-state index in [-0.39, 0.29) is 30.0 Å². The first-order chi connectivity index (χ1) is 14.4. The molecule has 3 rings (SSSR count). The van der Waals surface area contributed by atoms with Crippen molar-refractivity contribution in [1.82, 2.24) is 10.0 Å². The van der Waals surface area contributed by atoms with Crippen LogP contribution in [0.2, 0.25) is 0 Å². The Bertz CT molecular complexity index is 975. The second kappa shape index (κ2) is 10.2. The van der Waals surface area contributed by atoms with E-state index in [0.29, 0.717) is 11.3 Å². The molecule has 0 unspecified atom stereocenters. The summed E-state index contributed by atoms with van der Waals surface area (Å²) in [6.45, 7) is -0.269. The molecule has 1 aromatic heterocycles. The topological polar surface area (TPSA) is 115 Å². The fourth-order valence-electron chi connectivity index (χ4n) is 3.11. The molecule has 0 saturated heterocycles. The number of rotatable bonds is 9. The van der Waals surface area contributed by atoms with Crippen LogP contribution in [0.4, 0.5) is 0 Å². The third kappa shape index (κ3) is 6.57. The molecule has 8 nitrogen and oxygen atoms in total. The Kier molecular flexibility index (Phi) is 7.42. The lowest BCUT2D eigenvalue weighted by Gasteiger charge is -2.11. The third-order valence-electron chi connectivity index (χ3n) is 4.68. The number of sulfonamides is 1. The number of carbonyl (C=O) groups excluding carboxylic acids is 2. The summed E-state index contributed by atoms with van der Waals surface area (Å²) in [5.74, 6) is -0.442. The van der Waals surface area contributed by atoms with Crippen molar-refractivity contribution < 1.29 is 27.2 Å². The normalized spacial score (nSPS) is 14.8. The van der Waals surface area contributed by atoms with E-state index in [1.807, 2.05) is 0 Å². The van der Waals surface area contributed by atoms with Gasteiger partial charge in [-0.15, -0.1) is 0 Å². The van der Waals surface area contributed by atoms with Gasteiger partial charge in [0.25, 0.3) is 5.91 Å². The molecule has 1 heterocycles. The summed E-state index contributed by atoms with van der Waals surface area (Å²) in [5, 5.41) is 2.84. The third-order valence-corrected chi connectivity index (χ3v) is 6.10. The van der Waals surface area contributed by atoms with Crippen LogP contribution < -0.4 is 10.0 Å². The lowest BCUT2D eigenvalue weighted by Crippen LogP contribution is -2.35. The van der Waals surface area contributed by atoms with Gasteiger partial charge in [0.1, 0.15) is 5.76 Å². The zero-order valence-electron chi connectivity index (χ0n) is 16.4. The fraction of sp³-hybridized carbons (Fsp3) is 0.333. The Labute approximate surface area is 175 Å². The summed E-state index contributed by atoms with van der Waals surface area (Å²) >= 11 is 0. The Hall–Kier alpha value is -2.91. The number of carbonyl (C=O) groups is 2. The molecule has 0 bridgehead atoms. The highest BCUT2D eigenvalue weighted by Gasteiger charge is 2.17. The summed E-state index contributed by atoms with van der Waals surface area (Å²) < 4.78 is 37.1. The summed E-state index contributed by atoms with van der Waals surface area (Å²) in [6.07, 6.45) is 8.29. The molecule has 2 N–H and O–H groups in total. The number of furan rings is 1. The molecule has 9 heteroatoms. The SMILES string of the molecule is O=C(COC(=O)/C=C/c1ccc(S(=O)(=O)NCc2ccco2)cc1)NC1CCCC1. The zero-order valence-corrected chi connectivity index (χ0v) is 17.2. The van der Waals surface area contributed by atoms with Gasteiger partial charge in [0, 0.05) is 12.1 Å². The highest BCUT2D eigenvalue weighted by molar-refractivity contribution is 7.89. The maximum absolute atomic E-state index is 12.3. The van der Waals surface area contributed by atoms with Crippen LogP contribution in [0, 0.1) is 0 Å². The minimum atomic E-state index is -3.68. The minimum absolute atomic E-state index is 0.0527. The molecule has 0 atom stereocenters. The zero-order chi connectivity index (χ0) is 21.4. The maximum Gasteiger partial charge on any atom is 0.331 e. The summed E-state index contributed by atoms with van der Waals surface area (Å²) in [7, 11) is -3.68. The number of esters is 1. The molecule has 160 valence electrons. The van der Waals surface area contributed by atoms with Crippen LogP contribution in [0.3, 0.4) is 0 Å². The van der Waals surface area contributed by atoms with Gasteiger partial charge in [0.05, 0.1) is 17.7 Å². The molecule has 1 saturated carbocycles. The van der Waals surface area contributed by atoms with E-state index in [1.165, 1.54) is 30.5 Å². The first-order valence-corrected chi connectivity index (χ1v) is 11.2. The Balaban J connectivity index is 1.46. The van der Waals surface area contributed by atoms with Gasteiger partial charge in [-0.05, 0) is 48.7 Å². The average Bonchev–Trinajstić information content (AvgIpc) is 3.44. The first kappa shape index (κ1) is 21.8. The molecule has 1 amide bonds. The molecule has 2 aromatic rings. The van der Waals surface area contributed by atoms with Gasteiger partial charge < -0.3 is 14.5 Å². The number of ether oxygens (including phenoxy) is 1. The number of benzene rings is 1. The number of nitrogens with one attached hydrogen (secondary N) is 2. The van der Waals surface area contributed by atoms with E-state index < -0.39 is 16.0 Å². The molecule has 0 spiro atoms. The van der Waals surface area contributed by atoms with Crippen molar-refractivity contribution in [2.75, 3.05) is 6.61 Å². The summed E-state index contributed by atoms with van der Waals surface area (Å²) in [6, 6.07) is 9.53. The van der Waals surface area contributed by atoms with Crippen molar-refractivity contribution in [2.24, 2.45) is 0 Å². The monoisotopic (exact) mass is 432 g/mol. The number of hydrogen-bond acceptors (Lipinski definition) is 6. The van der Waals surface area contributed by atoms with Crippen LogP contribution in [0.15, 0.2) is 58.1 Å². The predicted molar refractivity (Wildman–Crippen MR) is 110 cm³/mol. The van der Waals surface area contributed by atoms with Crippen LogP contribution in [0.5, 0.6) is 0 Å². The number of amides is 1. The second-order valence-corrected chi connectivity index (χ2v) is 8.73. The van der Waals surface area contributed by atoms with Crippen molar-refractivity contribution in [3.63, 3.8) is 0 Å². The van der Waals surface area contributed by atoms with Gasteiger partial charge in [-0.3, -0.25) is 4.79 Å². The molecule has 30 heavy (non-hydrogen) atoms. The predicted octanol–water partition coefficient (Wildman–Crippen LogP) is 2.37. The van der Waals surface area contributed by atoms with Crippen LogP contribution in [0.25, 0.3) is 6.08 Å². The molecule has 0 radical (unpaired) electrons. The summed E-state index contributed by atoms with van der Waals surface area (Å²) in [5.41, 5.74) is 0.618. The quantitative estimate of drug-likeness (QED) is 0.464. The molecular formula is C21H24N2O6S. The molecule has 1 aliphatic rings. The lowest BCUT2D eigenvalue weighted by molar-refractivity contribution is -0.144. The van der Waals surface area contributed by atoms with Crippen molar-refractivity contribution in [1.29, 1.82) is 0 Å². The largest absolute Gasteiger partial charge is 0.468 e. The van der Waals surface area contributed by atoms with Crippen LogP contribution in [0.1, 0.15) is 37.0 Å². The molecule has 1 aliphatic carbocycles. The van der Waals surface area contributed by atoms with E-state index in [1.54, 1.807) is 24.3 Å². The van der Waals surface area contributed by atoms with Crippen molar-refractivity contribution in [3.05, 3.63) is 60.1 Å². The molecule has 1 aromatic carbocycles. The van der Waals surface area contributed by atoms with Crippen LogP contribution in [-0.2, 0) is 30.9 Å². The van der Waals surface area contributed by atoms with E-state index in [0.717, 1.165) is 25.7 Å². The van der Waals surface area contributed by atoms with E-state index >= 15 is 0 Å². The van der Waals surface area contributed by atoms with Gasteiger partial charge in [-0.25, -0.2) is 17.9 Å². The van der Waals surface area contributed by atoms with E-state index in [9.17, 15) is 18.0 Å². The van der Waals surface area contributed by atoms with Gasteiger partial charge in [0.2, 0.25) is 10.0 Å². The lowest BCUT2D eigenvalue weighted by atomic mass is 10.2. The van der Waals surface area contributed by atoms with Crippen LogP contribution in [-0.4, -0.2) is 32.9 Å². The van der Waals surface area contributed by atoms with Crippen molar-refractivity contribution in [2.45, 2.75) is 43.2 Å². The van der Waals surface area contributed by atoms with E-state index in [2.05, 4.69) is 10.0 Å². The highest BCUT2D eigenvalue weighted by Crippen LogP contribution is 2.17. The second-order valence-electron chi connectivity index (χ2n) is 6.96. The highest BCUT2D eigenvalue weighted by atomic mass is 32.2. The smallest absolute Gasteiger partial charge is 0.331 e. The van der Waals surface area contributed by atoms with Gasteiger partial charge >= 0.3 is 5.97 Å². The van der Waals surface area contributed by atoms with E-state index in [4.69, 9.17) is 9.15 Å². The molecule has 0 aliphatic heterocycles. The first-order valence-electron chi connectivity index (χ1n) is 9.69. The Morgan fingerprint density at radius 1 is 1.13 bits per heavy atom. The molecular weight excluding hydrogens is 408 g/mol. The van der Waals surface area contributed by atoms with Crippen molar-refractivity contribution in [3.8, 4) is 0 Å².